The maximum absolute atomic E-state index is 12.2. The van der Waals surface area contributed by atoms with Crippen LogP contribution in [0.4, 0.5) is 0 Å². The van der Waals surface area contributed by atoms with Crippen LogP contribution in [0.25, 0.3) is 11.9 Å². The van der Waals surface area contributed by atoms with E-state index in [0.29, 0.717) is 17.0 Å². The van der Waals surface area contributed by atoms with Crippen molar-refractivity contribution < 1.29 is 44.3 Å². The first-order valence-electron chi connectivity index (χ1n) is 7.70. The summed E-state index contributed by atoms with van der Waals surface area (Å²) >= 11 is 1.29. The summed E-state index contributed by atoms with van der Waals surface area (Å²) in [5.41, 5.74) is 1.14. The van der Waals surface area contributed by atoms with Gasteiger partial charge in [0.15, 0.2) is 0 Å². The van der Waals surface area contributed by atoms with Crippen molar-refractivity contribution in [1.82, 2.24) is 24.1 Å². The number of hydrogen-bond acceptors (Lipinski definition) is 6. The minimum Gasteiger partial charge on any atom is -0.543 e. The number of hydrogen-bond donors (Lipinski definition) is 0. The molecule has 3 aliphatic heterocycles. The maximum Gasteiger partial charge on any atom is 1.00 e. The molecule has 1 atom stereocenters. The van der Waals surface area contributed by atoms with Gasteiger partial charge < -0.3 is 9.90 Å². The second-order valence-electron chi connectivity index (χ2n) is 5.97. The second kappa shape index (κ2) is 6.01. The van der Waals surface area contributed by atoms with Gasteiger partial charge in [0.2, 0.25) is 0 Å². The van der Waals surface area contributed by atoms with Gasteiger partial charge >= 0.3 is 29.6 Å². The third kappa shape index (κ3) is 2.41. The van der Waals surface area contributed by atoms with Gasteiger partial charge in [-0.1, -0.05) is 0 Å². The fraction of sp³-hybridized carbons (Fsp3) is 0.333. The predicted molar refractivity (Wildman–Crippen MR) is 83.2 cm³/mol. The zero-order valence-corrected chi connectivity index (χ0v) is 16.3. The van der Waals surface area contributed by atoms with E-state index >= 15 is 0 Å². The molecular weight excluding hydrogens is 353 g/mol. The Kier molecular flexibility index (Phi) is 4.06. The Bertz CT molecular complexity index is 975. The number of thioether (sulfide) groups is 1. The first-order chi connectivity index (χ1) is 11.6. The van der Waals surface area contributed by atoms with Gasteiger partial charge in [0.05, 0.1) is 29.1 Å². The Labute approximate surface area is 168 Å². The summed E-state index contributed by atoms with van der Waals surface area (Å²) in [4.78, 5) is 33.4. The molecule has 25 heavy (non-hydrogen) atoms. The molecule has 1 saturated heterocycles. The number of carboxylic acids is 1. The Morgan fingerprint density at radius 3 is 3.00 bits per heavy atom. The van der Waals surface area contributed by atoms with Gasteiger partial charge in [-0.15, -0.1) is 11.8 Å². The minimum atomic E-state index is -1.33. The molecule has 1 fully saturated rings. The minimum absolute atomic E-state index is 0. The van der Waals surface area contributed by atoms with Crippen LogP contribution in [0.3, 0.4) is 0 Å². The molecule has 10 heteroatoms. The van der Waals surface area contributed by atoms with E-state index in [4.69, 9.17) is 0 Å². The molecule has 1 unspecified atom stereocenters. The molecule has 0 N–H and O–H groups in total. The van der Waals surface area contributed by atoms with Gasteiger partial charge in [-0.05, 0) is 24.3 Å². The van der Waals surface area contributed by atoms with Crippen LogP contribution in [0.2, 0.25) is 0 Å². The van der Waals surface area contributed by atoms with E-state index in [1.165, 1.54) is 22.1 Å². The average molecular weight is 365 g/mol. The van der Waals surface area contributed by atoms with Crippen molar-refractivity contribution in [2.45, 2.75) is 31.2 Å². The summed E-state index contributed by atoms with van der Waals surface area (Å²) < 4.78 is 4.04. The van der Waals surface area contributed by atoms with E-state index in [0.717, 1.165) is 31.6 Å². The average Bonchev–Trinajstić information content (AvgIpc) is 3.22. The summed E-state index contributed by atoms with van der Waals surface area (Å²) in [5.74, 6) is 0.0408. The van der Waals surface area contributed by atoms with Gasteiger partial charge in [0, 0.05) is 13.0 Å². The first kappa shape index (κ1) is 16.9. The van der Waals surface area contributed by atoms with Crippen molar-refractivity contribution in [3.05, 3.63) is 34.4 Å². The van der Waals surface area contributed by atoms with Gasteiger partial charge in [-0.3, -0.25) is 14.4 Å². The number of nitrogens with zero attached hydrogens (tertiary/aromatic N) is 5. The monoisotopic (exact) mass is 365 g/mol. The van der Waals surface area contributed by atoms with Crippen LogP contribution in [0.5, 0.6) is 0 Å². The molecule has 0 aromatic carbocycles. The Hall–Kier alpha value is -1.55. The van der Waals surface area contributed by atoms with Crippen molar-refractivity contribution >= 4 is 35.5 Å². The van der Waals surface area contributed by atoms with E-state index < -0.39 is 5.97 Å². The number of imidazole rings is 1. The molecule has 5 rings (SSSR count). The van der Waals surface area contributed by atoms with E-state index in [2.05, 4.69) is 14.6 Å². The third-order valence-corrected chi connectivity index (χ3v) is 5.62. The number of aromatic nitrogens is 4. The summed E-state index contributed by atoms with van der Waals surface area (Å²) in [6.07, 6.45) is 6.81. The summed E-state index contributed by atoms with van der Waals surface area (Å²) in [7, 11) is 0. The van der Waals surface area contributed by atoms with E-state index in [9.17, 15) is 14.7 Å². The molecular formula is C15H12N5NaO3S. The molecule has 0 saturated carbocycles. The predicted octanol–water partition coefficient (Wildman–Crippen LogP) is -3.24. The molecule has 3 aliphatic rings. The SMILES string of the molecule is O=C([O-])C1=CSC2/C(=C\c3cn4c(n3)nc3n4CCCC3)C(=O)N12.[Na+]. The second-order valence-corrected chi connectivity index (χ2v) is 6.93. The molecule has 5 heterocycles. The first-order valence-corrected chi connectivity index (χ1v) is 8.64. The van der Waals surface area contributed by atoms with E-state index in [1.807, 2.05) is 10.7 Å². The zero-order chi connectivity index (χ0) is 16.4. The fourth-order valence-electron chi connectivity index (χ4n) is 3.38. The van der Waals surface area contributed by atoms with E-state index in [-0.39, 0.29) is 46.5 Å². The van der Waals surface area contributed by atoms with Crippen LogP contribution in [0.15, 0.2) is 22.9 Å². The quantitative estimate of drug-likeness (QED) is 0.315. The molecule has 0 aliphatic carbocycles. The molecule has 2 aromatic rings. The molecule has 122 valence electrons. The van der Waals surface area contributed by atoms with Crippen LogP contribution in [-0.4, -0.2) is 41.3 Å². The van der Waals surface area contributed by atoms with Crippen LogP contribution in [0.1, 0.15) is 24.4 Å². The van der Waals surface area contributed by atoms with E-state index in [1.54, 1.807) is 6.08 Å². The zero-order valence-electron chi connectivity index (χ0n) is 13.5. The Morgan fingerprint density at radius 1 is 1.36 bits per heavy atom. The number of rotatable bonds is 2. The topological polar surface area (TPSA) is 95.6 Å². The summed E-state index contributed by atoms with van der Waals surface area (Å²) in [5, 5.41) is 12.1. The summed E-state index contributed by atoms with van der Waals surface area (Å²) in [6.45, 7) is 0.919. The number of carbonyl (C=O) groups is 2. The molecule has 1 amide bonds. The number of amides is 1. The van der Waals surface area contributed by atoms with Gasteiger partial charge in [-0.25, -0.2) is 9.50 Å². The normalized spacial score (nSPS) is 23.1. The fourth-order valence-corrected chi connectivity index (χ4v) is 4.50. The smallest absolute Gasteiger partial charge is 0.543 e. The van der Waals surface area contributed by atoms with Crippen molar-refractivity contribution in [2.24, 2.45) is 0 Å². The van der Waals surface area contributed by atoms with Gasteiger partial charge in [-0.2, -0.15) is 4.98 Å². The van der Waals surface area contributed by atoms with Crippen molar-refractivity contribution in [2.75, 3.05) is 0 Å². The number of carbonyl (C=O) groups excluding carboxylic acids is 2. The van der Waals surface area contributed by atoms with Crippen molar-refractivity contribution in [3.63, 3.8) is 0 Å². The molecule has 0 radical (unpaired) electrons. The number of aliphatic carboxylic acids is 1. The molecule has 8 nitrogen and oxygen atoms in total. The number of fused-ring (bicyclic) bond motifs is 4. The number of carboxylic acid groups (broad SMARTS) is 1. The van der Waals surface area contributed by atoms with Crippen molar-refractivity contribution in [1.29, 1.82) is 0 Å². The van der Waals surface area contributed by atoms with Crippen LogP contribution in [0, 0.1) is 0 Å². The Morgan fingerprint density at radius 2 is 2.20 bits per heavy atom. The molecule has 0 spiro atoms. The largest absolute Gasteiger partial charge is 1.00 e. The molecule has 0 bridgehead atoms. The van der Waals surface area contributed by atoms with Crippen LogP contribution < -0.4 is 34.7 Å². The Balaban J connectivity index is 0.00000157. The maximum atomic E-state index is 12.2. The number of β-lactam (4-membered cyclic amide) rings is 1. The van der Waals surface area contributed by atoms with Crippen molar-refractivity contribution in [3.8, 4) is 0 Å². The van der Waals surface area contributed by atoms with Gasteiger partial charge in [0.1, 0.15) is 11.2 Å². The standard InChI is InChI=1S/C15H13N5O3S.Na/c21-12-9(13-20(12)10(7-24-13)14(22)23)5-8-6-19-15(16-8)17-11-3-1-2-4-18(11)19;/h5-7,13H,1-4H2,(H,22,23);/q;+1/p-1/b9-5-;. The van der Waals surface area contributed by atoms with Crippen LogP contribution in [-0.2, 0) is 22.6 Å². The summed E-state index contributed by atoms with van der Waals surface area (Å²) in [6, 6.07) is 0. The van der Waals surface area contributed by atoms with Crippen LogP contribution >= 0.6 is 11.8 Å². The molecule has 2 aromatic heterocycles. The number of aryl methyl sites for hydroxylation is 2. The third-order valence-electron chi connectivity index (χ3n) is 4.54. The van der Waals surface area contributed by atoms with Gasteiger partial charge in [0.25, 0.3) is 11.7 Å².